The number of carbonyl (C=O) groups excluding carboxylic acids is 1. The summed E-state index contributed by atoms with van der Waals surface area (Å²) in [5, 5.41) is 4.46. The Bertz CT molecular complexity index is 764. The van der Waals surface area contributed by atoms with E-state index in [0.29, 0.717) is 11.1 Å². The fourth-order valence-electron chi connectivity index (χ4n) is 1.81. The fraction of sp³-hybridized carbons (Fsp3) is 0.154. The van der Waals surface area contributed by atoms with Crippen LogP contribution in [-0.4, -0.2) is 22.3 Å². The minimum Gasteiger partial charge on any atom is -0.464 e. The first-order valence-electron chi connectivity index (χ1n) is 5.75. The summed E-state index contributed by atoms with van der Waals surface area (Å²) in [4.78, 5) is 14.9. The third-order valence-electron chi connectivity index (χ3n) is 2.76. The van der Waals surface area contributed by atoms with Crippen molar-refractivity contribution in [3.63, 3.8) is 0 Å². The molecule has 5 nitrogen and oxygen atoms in total. The number of hydrogen-bond acceptors (Lipinski definition) is 5. The van der Waals surface area contributed by atoms with E-state index in [1.54, 1.807) is 6.07 Å². The molecular weight excluding hydrogens is 270 g/mol. The third-order valence-corrected chi connectivity index (χ3v) is 2.76. The van der Waals surface area contributed by atoms with Gasteiger partial charge in [0.1, 0.15) is 11.8 Å². The SMILES string of the molecule is O=C(Cc1nc(-c2coc3ccccc23)no1)C(F)F. The third kappa shape index (κ3) is 2.18. The van der Waals surface area contributed by atoms with Crippen LogP contribution < -0.4 is 0 Å². The predicted octanol–water partition coefficient (Wildman–Crippen LogP) is 2.86. The summed E-state index contributed by atoms with van der Waals surface area (Å²) in [5.74, 6) is -1.19. The van der Waals surface area contributed by atoms with E-state index in [1.807, 2.05) is 18.2 Å². The van der Waals surface area contributed by atoms with Crippen LogP contribution in [0.2, 0.25) is 0 Å². The van der Waals surface area contributed by atoms with E-state index in [2.05, 4.69) is 10.1 Å². The number of para-hydroxylation sites is 1. The van der Waals surface area contributed by atoms with Crippen molar-refractivity contribution < 1.29 is 22.5 Å². The minimum atomic E-state index is -3.04. The van der Waals surface area contributed by atoms with E-state index < -0.39 is 18.6 Å². The summed E-state index contributed by atoms with van der Waals surface area (Å²) in [6.07, 6.45) is -2.17. The molecule has 0 amide bonds. The van der Waals surface area contributed by atoms with Crippen molar-refractivity contribution in [2.24, 2.45) is 0 Å². The highest BCUT2D eigenvalue weighted by molar-refractivity contribution is 5.91. The Hall–Kier alpha value is -2.57. The summed E-state index contributed by atoms with van der Waals surface area (Å²) in [7, 11) is 0. The highest BCUT2D eigenvalue weighted by Crippen LogP contribution is 2.28. The van der Waals surface area contributed by atoms with Gasteiger partial charge in [-0.25, -0.2) is 8.78 Å². The van der Waals surface area contributed by atoms with Gasteiger partial charge in [0.2, 0.25) is 17.5 Å². The van der Waals surface area contributed by atoms with Gasteiger partial charge in [-0.3, -0.25) is 4.79 Å². The molecule has 2 heterocycles. The van der Waals surface area contributed by atoms with Crippen LogP contribution in [0.5, 0.6) is 0 Å². The van der Waals surface area contributed by atoms with E-state index in [9.17, 15) is 13.6 Å². The summed E-state index contributed by atoms with van der Waals surface area (Å²) in [5.41, 5.74) is 1.23. The molecule has 0 radical (unpaired) electrons. The average molecular weight is 278 g/mol. The topological polar surface area (TPSA) is 69.1 Å². The standard InChI is InChI=1S/C13H8F2N2O3/c14-12(15)9(18)5-11-16-13(17-20-11)8-6-19-10-4-2-1-3-7(8)10/h1-4,6,12H,5H2. The van der Waals surface area contributed by atoms with E-state index in [0.717, 1.165) is 5.39 Å². The van der Waals surface area contributed by atoms with Crippen LogP contribution in [0.1, 0.15) is 5.89 Å². The number of benzene rings is 1. The van der Waals surface area contributed by atoms with Gasteiger partial charge < -0.3 is 8.94 Å². The number of nitrogens with zero attached hydrogens (tertiary/aromatic N) is 2. The molecular formula is C13H8F2N2O3. The molecule has 0 saturated carbocycles. The molecule has 0 N–H and O–H groups in total. The van der Waals surface area contributed by atoms with Crippen LogP contribution in [-0.2, 0) is 11.2 Å². The first-order chi connectivity index (χ1) is 9.65. The van der Waals surface area contributed by atoms with Crippen LogP contribution in [0, 0.1) is 0 Å². The number of hydrogen-bond donors (Lipinski definition) is 0. The lowest BCUT2D eigenvalue weighted by Gasteiger charge is -1.92. The van der Waals surface area contributed by atoms with Crippen molar-refractivity contribution in [3.8, 4) is 11.4 Å². The van der Waals surface area contributed by atoms with E-state index in [-0.39, 0.29) is 11.7 Å². The maximum atomic E-state index is 12.1. The van der Waals surface area contributed by atoms with Crippen molar-refractivity contribution in [2.45, 2.75) is 12.8 Å². The van der Waals surface area contributed by atoms with Gasteiger partial charge in [0.15, 0.2) is 0 Å². The summed E-state index contributed by atoms with van der Waals surface area (Å²) >= 11 is 0. The molecule has 1 aromatic carbocycles. The van der Waals surface area contributed by atoms with Crippen LogP contribution in [0.4, 0.5) is 8.78 Å². The van der Waals surface area contributed by atoms with Crippen molar-refractivity contribution in [3.05, 3.63) is 36.4 Å². The van der Waals surface area contributed by atoms with Crippen LogP contribution in [0.15, 0.2) is 39.5 Å². The number of Topliss-reactive ketones (excluding diaryl/α,β-unsaturated/α-hetero) is 1. The second-order valence-corrected chi connectivity index (χ2v) is 4.10. The number of aromatic nitrogens is 2. The lowest BCUT2D eigenvalue weighted by molar-refractivity contribution is -0.129. The molecule has 0 atom stereocenters. The normalized spacial score (nSPS) is 11.3. The molecule has 0 spiro atoms. The molecule has 7 heteroatoms. The second-order valence-electron chi connectivity index (χ2n) is 4.10. The van der Waals surface area contributed by atoms with E-state index >= 15 is 0 Å². The molecule has 0 bridgehead atoms. The van der Waals surface area contributed by atoms with Crippen LogP contribution in [0.3, 0.4) is 0 Å². The molecule has 0 aliphatic heterocycles. The van der Waals surface area contributed by atoms with Crippen molar-refractivity contribution in [1.82, 2.24) is 10.1 Å². The van der Waals surface area contributed by atoms with Gasteiger partial charge >= 0.3 is 0 Å². The number of carbonyl (C=O) groups is 1. The molecule has 0 aliphatic carbocycles. The van der Waals surface area contributed by atoms with Gasteiger partial charge in [0.25, 0.3) is 6.43 Å². The second kappa shape index (κ2) is 4.84. The molecule has 3 aromatic rings. The monoisotopic (exact) mass is 278 g/mol. The number of halogens is 2. The molecule has 2 aromatic heterocycles. The van der Waals surface area contributed by atoms with E-state index in [4.69, 9.17) is 8.94 Å². The molecule has 20 heavy (non-hydrogen) atoms. The Morgan fingerprint density at radius 2 is 2.10 bits per heavy atom. The summed E-state index contributed by atoms with van der Waals surface area (Å²) in [6, 6.07) is 7.23. The van der Waals surface area contributed by atoms with E-state index in [1.165, 1.54) is 6.26 Å². The number of alkyl halides is 2. The first kappa shape index (κ1) is 12.5. The molecule has 0 unspecified atom stereocenters. The number of fused-ring (bicyclic) bond motifs is 1. The fourth-order valence-corrected chi connectivity index (χ4v) is 1.81. The zero-order valence-electron chi connectivity index (χ0n) is 10.0. The van der Waals surface area contributed by atoms with Gasteiger partial charge in [0, 0.05) is 5.39 Å². The van der Waals surface area contributed by atoms with Crippen LogP contribution in [0.25, 0.3) is 22.4 Å². The zero-order valence-corrected chi connectivity index (χ0v) is 10.0. The highest BCUT2D eigenvalue weighted by Gasteiger charge is 2.20. The Morgan fingerprint density at radius 1 is 1.30 bits per heavy atom. The van der Waals surface area contributed by atoms with Gasteiger partial charge in [-0.1, -0.05) is 23.4 Å². The van der Waals surface area contributed by atoms with Gasteiger partial charge in [-0.2, -0.15) is 4.98 Å². The Balaban J connectivity index is 1.92. The summed E-state index contributed by atoms with van der Waals surface area (Å²) in [6.45, 7) is 0. The predicted molar refractivity (Wildman–Crippen MR) is 64.2 cm³/mol. The van der Waals surface area contributed by atoms with Crippen molar-refractivity contribution >= 4 is 16.8 Å². The largest absolute Gasteiger partial charge is 0.464 e. The molecule has 3 rings (SSSR count). The number of ketones is 1. The number of furan rings is 1. The van der Waals surface area contributed by atoms with Gasteiger partial charge in [0.05, 0.1) is 12.0 Å². The Labute approximate surface area is 111 Å². The quantitative estimate of drug-likeness (QED) is 0.734. The zero-order chi connectivity index (χ0) is 14.1. The summed E-state index contributed by atoms with van der Waals surface area (Å²) < 4.78 is 34.4. The Kier molecular flexibility index (Phi) is 3.02. The molecule has 0 saturated heterocycles. The minimum absolute atomic E-state index is 0.143. The average Bonchev–Trinajstić information content (AvgIpc) is 3.04. The Morgan fingerprint density at radius 3 is 2.90 bits per heavy atom. The lowest BCUT2D eigenvalue weighted by Crippen LogP contribution is -2.12. The van der Waals surface area contributed by atoms with Crippen LogP contribution >= 0.6 is 0 Å². The smallest absolute Gasteiger partial charge is 0.296 e. The molecule has 102 valence electrons. The van der Waals surface area contributed by atoms with Crippen molar-refractivity contribution in [2.75, 3.05) is 0 Å². The molecule has 0 aliphatic rings. The lowest BCUT2D eigenvalue weighted by atomic mass is 10.2. The maximum absolute atomic E-state index is 12.1. The van der Waals surface area contributed by atoms with Crippen molar-refractivity contribution in [1.29, 1.82) is 0 Å². The molecule has 0 fully saturated rings. The number of rotatable bonds is 4. The van der Waals surface area contributed by atoms with Gasteiger partial charge in [-0.15, -0.1) is 0 Å². The first-order valence-corrected chi connectivity index (χ1v) is 5.75. The highest BCUT2D eigenvalue weighted by atomic mass is 19.3. The maximum Gasteiger partial charge on any atom is 0.296 e. The van der Waals surface area contributed by atoms with Gasteiger partial charge in [-0.05, 0) is 6.07 Å².